The molecule has 0 aliphatic carbocycles. The van der Waals surface area contributed by atoms with Crippen LogP contribution in [0.3, 0.4) is 0 Å². The van der Waals surface area contributed by atoms with E-state index in [1.165, 1.54) is 37.3 Å². The van der Waals surface area contributed by atoms with Crippen molar-refractivity contribution in [1.29, 1.82) is 0 Å². The molecule has 1 atom stereocenters. The van der Waals surface area contributed by atoms with Gasteiger partial charge in [0.05, 0.1) is 16.6 Å². The van der Waals surface area contributed by atoms with E-state index in [2.05, 4.69) is 0 Å². The number of carbonyl (C=O) groups is 2. The zero-order valence-corrected chi connectivity index (χ0v) is 14.6. The fourth-order valence-electron chi connectivity index (χ4n) is 2.51. The number of nitro groups is 1. The van der Waals surface area contributed by atoms with Crippen LogP contribution >= 0.6 is 0 Å². The van der Waals surface area contributed by atoms with Crippen LogP contribution in [0, 0.1) is 15.9 Å². The molecule has 1 heterocycles. The summed E-state index contributed by atoms with van der Waals surface area (Å²) >= 11 is 0. The summed E-state index contributed by atoms with van der Waals surface area (Å²) in [6.07, 6.45) is 1.05. The molecule has 0 N–H and O–H groups in total. The van der Waals surface area contributed by atoms with Crippen molar-refractivity contribution in [1.82, 2.24) is 0 Å². The summed E-state index contributed by atoms with van der Waals surface area (Å²) in [6.45, 7) is 1.32. The molecule has 0 saturated carbocycles. The maximum atomic E-state index is 12.9. The van der Waals surface area contributed by atoms with E-state index in [4.69, 9.17) is 14.2 Å². The predicted molar refractivity (Wildman–Crippen MR) is 94.5 cm³/mol. The van der Waals surface area contributed by atoms with Gasteiger partial charge in [-0.2, -0.15) is 0 Å². The number of carbonyl (C=O) groups excluding carboxylic acids is 2. The molecule has 8 nitrogen and oxygen atoms in total. The molecule has 1 aliphatic heterocycles. The van der Waals surface area contributed by atoms with Gasteiger partial charge in [-0.05, 0) is 43.3 Å². The van der Waals surface area contributed by atoms with E-state index in [-0.39, 0.29) is 29.4 Å². The van der Waals surface area contributed by atoms with E-state index in [0.717, 1.165) is 18.2 Å². The van der Waals surface area contributed by atoms with Crippen molar-refractivity contribution >= 4 is 23.5 Å². The Kier molecular flexibility index (Phi) is 5.35. The molecule has 0 spiro atoms. The lowest BCUT2D eigenvalue weighted by molar-refractivity contribution is -0.385. The summed E-state index contributed by atoms with van der Waals surface area (Å²) in [5, 5.41) is 11.2. The number of fused-ring (bicyclic) bond motifs is 1. The number of ether oxygens (including phenoxy) is 3. The molecule has 0 bridgehead atoms. The molecule has 0 radical (unpaired) electrons. The molecule has 28 heavy (non-hydrogen) atoms. The molecule has 0 saturated heterocycles. The summed E-state index contributed by atoms with van der Waals surface area (Å²) < 4.78 is 28.2. The van der Waals surface area contributed by atoms with E-state index >= 15 is 0 Å². The molecule has 0 unspecified atom stereocenters. The minimum atomic E-state index is -1.12. The van der Waals surface area contributed by atoms with Crippen LogP contribution in [0.1, 0.15) is 22.8 Å². The van der Waals surface area contributed by atoms with Gasteiger partial charge in [-0.15, -0.1) is 0 Å². The molecular formula is C19H14FNO7. The van der Waals surface area contributed by atoms with Gasteiger partial charge in [0.2, 0.25) is 12.6 Å². The number of halogens is 1. The Labute approximate surface area is 158 Å². The number of benzene rings is 2. The third kappa shape index (κ3) is 4.14. The highest BCUT2D eigenvalue weighted by atomic mass is 19.1. The van der Waals surface area contributed by atoms with E-state index in [1.807, 2.05) is 0 Å². The van der Waals surface area contributed by atoms with Crippen LogP contribution in [0.25, 0.3) is 6.08 Å². The first-order chi connectivity index (χ1) is 13.3. The lowest BCUT2D eigenvalue weighted by atomic mass is 10.1. The molecule has 2 aromatic rings. The minimum absolute atomic E-state index is 0.0509. The maximum Gasteiger partial charge on any atom is 0.331 e. The van der Waals surface area contributed by atoms with E-state index in [1.54, 1.807) is 0 Å². The average molecular weight is 387 g/mol. The molecule has 1 aliphatic rings. The number of ketones is 1. The molecule has 144 valence electrons. The first-order valence-electron chi connectivity index (χ1n) is 8.11. The first kappa shape index (κ1) is 19.0. The second-order valence-corrected chi connectivity index (χ2v) is 5.80. The quantitative estimate of drug-likeness (QED) is 0.246. The Bertz CT molecular complexity index is 969. The number of hydrogen-bond donors (Lipinski definition) is 0. The molecule has 0 amide bonds. The SMILES string of the molecule is C[C@H](OC(=O)/C=C/c1cc2c(cc1[N+](=O)[O-])OCO2)C(=O)c1ccc(F)cc1. The van der Waals surface area contributed by atoms with E-state index in [9.17, 15) is 24.1 Å². The lowest BCUT2D eigenvalue weighted by Gasteiger charge is -2.10. The molecule has 2 aromatic carbocycles. The van der Waals surface area contributed by atoms with E-state index in [0.29, 0.717) is 5.75 Å². The highest BCUT2D eigenvalue weighted by Crippen LogP contribution is 2.38. The van der Waals surface area contributed by atoms with Crippen molar-refractivity contribution in [2.45, 2.75) is 13.0 Å². The number of rotatable bonds is 6. The third-order valence-corrected chi connectivity index (χ3v) is 3.91. The third-order valence-electron chi connectivity index (χ3n) is 3.91. The van der Waals surface area contributed by atoms with Crippen molar-refractivity contribution in [3.8, 4) is 11.5 Å². The van der Waals surface area contributed by atoms with Crippen LogP contribution in [0.2, 0.25) is 0 Å². The Morgan fingerprint density at radius 1 is 1.21 bits per heavy atom. The van der Waals surface area contributed by atoms with Crippen LogP contribution < -0.4 is 9.47 Å². The van der Waals surface area contributed by atoms with E-state index < -0.39 is 28.6 Å². The van der Waals surface area contributed by atoms with Gasteiger partial charge in [0.25, 0.3) is 5.69 Å². The second-order valence-electron chi connectivity index (χ2n) is 5.80. The van der Waals surface area contributed by atoms with Gasteiger partial charge in [-0.1, -0.05) is 0 Å². The van der Waals surface area contributed by atoms with Gasteiger partial charge in [0.15, 0.2) is 17.6 Å². The van der Waals surface area contributed by atoms with Gasteiger partial charge < -0.3 is 14.2 Å². The largest absolute Gasteiger partial charge is 0.454 e. The summed E-state index contributed by atoms with van der Waals surface area (Å²) in [7, 11) is 0. The smallest absolute Gasteiger partial charge is 0.331 e. The van der Waals surface area contributed by atoms with Gasteiger partial charge >= 0.3 is 5.97 Å². The fourth-order valence-corrected chi connectivity index (χ4v) is 2.51. The summed E-state index contributed by atoms with van der Waals surface area (Å²) in [5.41, 5.74) is 0.0320. The second kappa shape index (κ2) is 7.87. The summed E-state index contributed by atoms with van der Waals surface area (Å²) in [5.74, 6) is -1.30. The maximum absolute atomic E-state index is 12.9. The molecule has 0 fully saturated rings. The van der Waals surface area contributed by atoms with Crippen molar-refractivity contribution in [3.63, 3.8) is 0 Å². The van der Waals surface area contributed by atoms with Crippen LogP contribution in [0.4, 0.5) is 10.1 Å². The van der Waals surface area contributed by atoms with Crippen LogP contribution in [0.15, 0.2) is 42.5 Å². The van der Waals surface area contributed by atoms with Gasteiger partial charge in [-0.25, -0.2) is 9.18 Å². The Morgan fingerprint density at radius 2 is 1.86 bits per heavy atom. The number of hydrogen-bond acceptors (Lipinski definition) is 7. The van der Waals surface area contributed by atoms with Crippen molar-refractivity contribution in [2.75, 3.05) is 6.79 Å². The average Bonchev–Trinajstić information content (AvgIpc) is 3.13. The number of nitrogens with zero attached hydrogens (tertiary/aromatic N) is 1. The highest BCUT2D eigenvalue weighted by Gasteiger charge is 2.23. The monoisotopic (exact) mass is 387 g/mol. The first-order valence-corrected chi connectivity index (χ1v) is 8.11. The zero-order chi connectivity index (χ0) is 20.3. The minimum Gasteiger partial charge on any atom is -0.454 e. The van der Waals surface area contributed by atoms with Gasteiger partial charge in [-0.3, -0.25) is 14.9 Å². The Hall–Kier alpha value is -3.75. The van der Waals surface area contributed by atoms with Crippen LogP contribution in [0.5, 0.6) is 11.5 Å². The molecule has 0 aromatic heterocycles. The predicted octanol–water partition coefficient (Wildman–Crippen LogP) is 3.29. The Balaban J connectivity index is 1.71. The Morgan fingerprint density at radius 3 is 2.50 bits per heavy atom. The fraction of sp³-hybridized carbons (Fsp3) is 0.158. The summed E-state index contributed by atoms with van der Waals surface area (Å²) in [4.78, 5) is 34.8. The van der Waals surface area contributed by atoms with Gasteiger partial charge in [0.1, 0.15) is 5.82 Å². The standard InChI is InChI=1S/C19H14FNO7/c1-11(19(23)12-2-5-14(20)6-3-12)28-18(22)7-4-13-8-16-17(27-10-26-16)9-15(13)21(24)25/h2-9,11H,10H2,1H3/b7-4+/t11-/m0/s1. The lowest BCUT2D eigenvalue weighted by Crippen LogP contribution is -2.23. The molecular weight excluding hydrogens is 373 g/mol. The number of esters is 1. The number of nitro benzene ring substituents is 1. The highest BCUT2D eigenvalue weighted by molar-refractivity contribution is 6.01. The normalized spacial score (nSPS) is 13.4. The van der Waals surface area contributed by atoms with Crippen LogP contribution in [-0.2, 0) is 9.53 Å². The molecule has 3 rings (SSSR count). The zero-order valence-electron chi connectivity index (χ0n) is 14.6. The van der Waals surface area contributed by atoms with Crippen molar-refractivity contribution in [2.24, 2.45) is 0 Å². The van der Waals surface area contributed by atoms with Gasteiger partial charge in [0, 0.05) is 11.6 Å². The number of Topliss-reactive ketones (excluding diaryl/α,β-unsaturated/α-hetero) is 1. The summed E-state index contributed by atoms with van der Waals surface area (Å²) in [6, 6.07) is 7.40. The van der Waals surface area contributed by atoms with Crippen molar-refractivity contribution in [3.05, 3.63) is 69.5 Å². The molecule has 9 heteroatoms. The van der Waals surface area contributed by atoms with Crippen molar-refractivity contribution < 1.29 is 33.1 Å². The topological polar surface area (TPSA) is 105 Å². The van der Waals surface area contributed by atoms with Crippen LogP contribution in [-0.4, -0.2) is 29.6 Å².